The molecule has 9 nitrogen and oxygen atoms in total. The largest absolute Gasteiger partial charge is 0.469 e. The number of nitrogens with one attached hydrogen (secondary N) is 1. The van der Waals surface area contributed by atoms with Gasteiger partial charge in [0.15, 0.2) is 5.96 Å². The molecule has 1 atom stereocenters. The third-order valence-electron chi connectivity index (χ3n) is 4.11. The van der Waals surface area contributed by atoms with E-state index in [9.17, 15) is 13.2 Å². The number of sulfonamides is 1. The van der Waals surface area contributed by atoms with E-state index in [-0.39, 0.29) is 54.3 Å². The van der Waals surface area contributed by atoms with Crippen molar-refractivity contribution in [1.82, 2.24) is 14.5 Å². The molecule has 0 radical (unpaired) electrons. The Morgan fingerprint density at radius 1 is 1.19 bits per heavy atom. The SMILES string of the molecule is CN=C(NCC(C)C(=O)OC)N1CCN(S(=O)(=O)CCOC(C)C)CC1.I. The Morgan fingerprint density at radius 3 is 2.26 bits per heavy atom. The molecular formula is C16H33IN4O5S. The zero-order valence-electron chi connectivity index (χ0n) is 16.8. The van der Waals surface area contributed by atoms with Crippen LogP contribution in [0.4, 0.5) is 0 Å². The summed E-state index contributed by atoms with van der Waals surface area (Å²) in [6, 6.07) is 0. The quantitative estimate of drug-likeness (QED) is 0.214. The average molecular weight is 520 g/mol. The third kappa shape index (κ3) is 8.92. The van der Waals surface area contributed by atoms with Crippen molar-refractivity contribution in [2.75, 3.05) is 59.2 Å². The first-order valence-corrected chi connectivity index (χ1v) is 10.4. The topological polar surface area (TPSA) is 101 Å². The number of rotatable bonds is 8. The number of methoxy groups -OCH3 is 1. The van der Waals surface area contributed by atoms with E-state index >= 15 is 0 Å². The molecule has 1 N–H and O–H groups in total. The van der Waals surface area contributed by atoms with Crippen molar-refractivity contribution in [3.05, 3.63) is 0 Å². The molecule has 1 aliphatic heterocycles. The van der Waals surface area contributed by atoms with Gasteiger partial charge in [0.25, 0.3) is 0 Å². The molecule has 0 aliphatic carbocycles. The molecule has 0 saturated carbocycles. The van der Waals surface area contributed by atoms with E-state index in [2.05, 4.69) is 10.3 Å². The Kier molecular flexibility index (Phi) is 12.4. The van der Waals surface area contributed by atoms with Crippen LogP contribution < -0.4 is 5.32 Å². The van der Waals surface area contributed by atoms with Crippen LogP contribution >= 0.6 is 24.0 Å². The van der Waals surface area contributed by atoms with Crippen molar-refractivity contribution >= 4 is 45.9 Å². The van der Waals surface area contributed by atoms with Crippen LogP contribution in [-0.4, -0.2) is 94.9 Å². The van der Waals surface area contributed by atoms with E-state index in [1.807, 2.05) is 18.7 Å². The lowest BCUT2D eigenvalue weighted by molar-refractivity contribution is -0.144. The number of aliphatic imine (C=N–C) groups is 1. The molecular weight excluding hydrogens is 487 g/mol. The normalized spacial score (nSPS) is 17.4. The van der Waals surface area contributed by atoms with Crippen LogP contribution in [0.5, 0.6) is 0 Å². The number of esters is 1. The maximum atomic E-state index is 12.4. The average Bonchev–Trinajstić information content (AvgIpc) is 2.61. The Labute approximate surface area is 179 Å². The van der Waals surface area contributed by atoms with E-state index in [1.54, 1.807) is 14.0 Å². The Morgan fingerprint density at radius 2 is 1.78 bits per heavy atom. The van der Waals surface area contributed by atoms with Crippen LogP contribution in [0.3, 0.4) is 0 Å². The van der Waals surface area contributed by atoms with E-state index in [1.165, 1.54) is 11.4 Å². The summed E-state index contributed by atoms with van der Waals surface area (Å²) >= 11 is 0. The Bertz CT molecular complexity index is 577. The molecule has 1 aliphatic rings. The Balaban J connectivity index is 0.00000676. The van der Waals surface area contributed by atoms with E-state index in [0.29, 0.717) is 38.7 Å². The molecule has 0 aromatic carbocycles. The van der Waals surface area contributed by atoms with Crippen LogP contribution in [-0.2, 0) is 24.3 Å². The van der Waals surface area contributed by atoms with Gasteiger partial charge in [-0.1, -0.05) is 6.92 Å². The summed E-state index contributed by atoms with van der Waals surface area (Å²) in [6.45, 7) is 8.02. The maximum Gasteiger partial charge on any atom is 0.310 e. The van der Waals surface area contributed by atoms with Crippen molar-refractivity contribution in [2.45, 2.75) is 26.9 Å². The molecule has 1 fully saturated rings. The first-order valence-electron chi connectivity index (χ1n) is 8.84. The minimum atomic E-state index is -3.32. The number of hydrogen-bond acceptors (Lipinski definition) is 6. The summed E-state index contributed by atoms with van der Waals surface area (Å²) in [6.07, 6.45) is 0.0174. The van der Waals surface area contributed by atoms with Gasteiger partial charge in [-0.25, -0.2) is 8.42 Å². The Hall–Kier alpha value is -0.660. The summed E-state index contributed by atoms with van der Waals surface area (Å²) in [5.74, 6) is 0.0715. The number of ether oxygens (including phenoxy) is 2. The lowest BCUT2D eigenvalue weighted by atomic mass is 10.2. The van der Waals surface area contributed by atoms with Gasteiger partial charge < -0.3 is 19.7 Å². The third-order valence-corrected chi connectivity index (χ3v) is 5.94. The lowest BCUT2D eigenvalue weighted by Crippen LogP contribution is -2.54. The summed E-state index contributed by atoms with van der Waals surface area (Å²) in [4.78, 5) is 17.7. The molecule has 1 heterocycles. The molecule has 1 unspecified atom stereocenters. The first kappa shape index (κ1) is 26.3. The monoisotopic (exact) mass is 520 g/mol. The van der Waals surface area contributed by atoms with E-state index in [4.69, 9.17) is 9.47 Å². The molecule has 1 rings (SSSR count). The molecule has 0 amide bonds. The maximum absolute atomic E-state index is 12.4. The van der Waals surface area contributed by atoms with Gasteiger partial charge in [-0.2, -0.15) is 4.31 Å². The molecule has 27 heavy (non-hydrogen) atoms. The summed E-state index contributed by atoms with van der Waals surface area (Å²) in [7, 11) is -0.290. The van der Waals surface area contributed by atoms with Crippen LogP contribution in [0.2, 0.25) is 0 Å². The fourth-order valence-electron chi connectivity index (χ4n) is 2.56. The van der Waals surface area contributed by atoms with Crippen molar-refractivity contribution < 1.29 is 22.7 Å². The van der Waals surface area contributed by atoms with Crippen LogP contribution in [0.15, 0.2) is 4.99 Å². The van der Waals surface area contributed by atoms with Gasteiger partial charge >= 0.3 is 5.97 Å². The molecule has 11 heteroatoms. The predicted octanol–water partition coefficient (Wildman–Crippen LogP) is 0.361. The fourth-order valence-corrected chi connectivity index (χ4v) is 3.84. The van der Waals surface area contributed by atoms with Gasteiger partial charge in [-0.05, 0) is 13.8 Å². The van der Waals surface area contributed by atoms with Gasteiger partial charge in [0, 0.05) is 39.8 Å². The summed E-state index contributed by atoms with van der Waals surface area (Å²) in [5.41, 5.74) is 0. The number of carbonyl (C=O) groups excluding carboxylic acids is 1. The smallest absolute Gasteiger partial charge is 0.310 e. The molecule has 0 aromatic heterocycles. The molecule has 0 aromatic rings. The van der Waals surface area contributed by atoms with Gasteiger partial charge in [-0.15, -0.1) is 24.0 Å². The van der Waals surface area contributed by atoms with Gasteiger partial charge in [0.2, 0.25) is 10.0 Å². The molecule has 160 valence electrons. The number of nitrogens with zero attached hydrogens (tertiary/aromatic N) is 3. The number of hydrogen-bond donors (Lipinski definition) is 1. The molecule has 1 saturated heterocycles. The van der Waals surface area contributed by atoms with Crippen molar-refractivity contribution in [3.63, 3.8) is 0 Å². The van der Waals surface area contributed by atoms with Crippen molar-refractivity contribution in [3.8, 4) is 0 Å². The summed E-state index contributed by atoms with van der Waals surface area (Å²) in [5, 5.41) is 3.14. The zero-order chi connectivity index (χ0) is 19.7. The summed E-state index contributed by atoms with van der Waals surface area (Å²) < 4.78 is 36.3. The second-order valence-electron chi connectivity index (χ2n) is 6.47. The fraction of sp³-hybridized carbons (Fsp3) is 0.875. The standard InChI is InChI=1S/C16H32N4O5S.HI/c1-13(2)25-10-11-26(22,23)20-8-6-19(7-9-20)16(17-4)18-12-14(3)15(21)24-5;/h13-14H,6-12H2,1-5H3,(H,17,18);1H. The highest BCUT2D eigenvalue weighted by atomic mass is 127. The highest BCUT2D eigenvalue weighted by Crippen LogP contribution is 2.09. The van der Waals surface area contributed by atoms with Gasteiger partial charge in [0.1, 0.15) is 0 Å². The highest BCUT2D eigenvalue weighted by molar-refractivity contribution is 14.0. The van der Waals surface area contributed by atoms with Crippen molar-refractivity contribution in [2.24, 2.45) is 10.9 Å². The second kappa shape index (κ2) is 12.7. The number of halogens is 1. The van der Waals surface area contributed by atoms with Crippen LogP contribution in [0, 0.1) is 5.92 Å². The number of carbonyl (C=O) groups is 1. The van der Waals surface area contributed by atoms with E-state index < -0.39 is 10.0 Å². The number of guanidine groups is 1. The van der Waals surface area contributed by atoms with Crippen LogP contribution in [0.25, 0.3) is 0 Å². The molecule has 0 spiro atoms. The molecule has 0 bridgehead atoms. The minimum Gasteiger partial charge on any atom is -0.469 e. The first-order chi connectivity index (χ1) is 12.2. The highest BCUT2D eigenvalue weighted by Gasteiger charge is 2.28. The minimum absolute atomic E-state index is 0. The van der Waals surface area contributed by atoms with E-state index in [0.717, 1.165) is 0 Å². The second-order valence-corrected chi connectivity index (χ2v) is 8.56. The van der Waals surface area contributed by atoms with Gasteiger partial charge in [-0.3, -0.25) is 9.79 Å². The lowest BCUT2D eigenvalue weighted by Gasteiger charge is -2.36. The van der Waals surface area contributed by atoms with Crippen LogP contribution in [0.1, 0.15) is 20.8 Å². The van der Waals surface area contributed by atoms with Gasteiger partial charge in [0.05, 0.1) is 31.5 Å². The zero-order valence-corrected chi connectivity index (χ0v) is 20.0. The predicted molar refractivity (Wildman–Crippen MR) is 116 cm³/mol. The van der Waals surface area contributed by atoms with Crippen molar-refractivity contribution in [1.29, 1.82) is 0 Å². The number of piperazine rings is 1.